The summed E-state index contributed by atoms with van der Waals surface area (Å²) < 4.78 is 43.9. The molecule has 0 N–H and O–H groups in total. The zero-order valence-corrected chi connectivity index (χ0v) is 11.2. The minimum absolute atomic E-state index is 0.108. The summed E-state index contributed by atoms with van der Waals surface area (Å²) in [4.78, 5) is 11.3. The molecular formula is C12H17F3N2O2. The molecule has 0 spiro atoms. The number of alkyl halides is 3. The van der Waals surface area contributed by atoms with Gasteiger partial charge in [-0.25, -0.2) is 0 Å². The van der Waals surface area contributed by atoms with E-state index in [1.54, 1.807) is 0 Å². The zero-order chi connectivity index (χ0) is 14.6. The summed E-state index contributed by atoms with van der Waals surface area (Å²) in [5.74, 6) is -1.83. The number of Topliss-reactive ketones (excluding diaryl/α,β-unsaturated/α-hetero) is 1. The molecule has 0 atom stereocenters. The lowest BCUT2D eigenvalue weighted by atomic mass is 10.1. The number of halogens is 3. The van der Waals surface area contributed by atoms with Crippen molar-refractivity contribution in [2.24, 2.45) is 0 Å². The van der Waals surface area contributed by atoms with E-state index >= 15 is 0 Å². The summed E-state index contributed by atoms with van der Waals surface area (Å²) >= 11 is 0. The van der Waals surface area contributed by atoms with Crippen LogP contribution in [0.3, 0.4) is 0 Å². The predicted molar refractivity (Wildman–Crippen MR) is 63.2 cm³/mol. The van der Waals surface area contributed by atoms with Crippen LogP contribution in [0.1, 0.15) is 35.1 Å². The molecule has 19 heavy (non-hydrogen) atoms. The first kappa shape index (κ1) is 15.7. The number of rotatable bonds is 6. The van der Waals surface area contributed by atoms with Crippen molar-refractivity contribution < 1.29 is 22.7 Å². The molecule has 1 rings (SSSR count). The van der Waals surface area contributed by atoms with Crippen LogP contribution in [0.4, 0.5) is 13.2 Å². The van der Waals surface area contributed by atoms with Gasteiger partial charge in [-0.1, -0.05) is 0 Å². The number of carbonyl (C=O) groups excluding carboxylic acids is 1. The number of hydrogen-bond acceptors (Lipinski definition) is 3. The number of hydrogen-bond donors (Lipinski definition) is 0. The van der Waals surface area contributed by atoms with Crippen molar-refractivity contribution in [1.82, 2.24) is 9.78 Å². The van der Waals surface area contributed by atoms with Crippen molar-refractivity contribution in [2.45, 2.75) is 39.9 Å². The van der Waals surface area contributed by atoms with E-state index in [-0.39, 0.29) is 17.0 Å². The number of ketones is 1. The minimum atomic E-state index is -4.87. The molecule has 0 saturated carbocycles. The lowest BCUT2D eigenvalue weighted by molar-refractivity contribution is -0.0886. The van der Waals surface area contributed by atoms with E-state index in [0.717, 1.165) is 0 Å². The molecule has 0 aliphatic carbocycles. The number of nitrogens with zero attached hydrogens (tertiary/aromatic N) is 2. The Bertz CT molecular complexity index is 453. The summed E-state index contributed by atoms with van der Waals surface area (Å²) in [7, 11) is 0. The SMILES string of the molecule is CCOCCCn1nc(C)c(C(=O)C(F)(F)F)c1C. The van der Waals surface area contributed by atoms with E-state index < -0.39 is 12.0 Å². The molecular weight excluding hydrogens is 261 g/mol. The minimum Gasteiger partial charge on any atom is -0.382 e. The van der Waals surface area contributed by atoms with Crippen LogP contribution < -0.4 is 0 Å². The summed E-state index contributed by atoms with van der Waals surface area (Å²) in [6.07, 6.45) is -4.23. The third kappa shape index (κ3) is 3.79. The van der Waals surface area contributed by atoms with Gasteiger partial charge in [-0.05, 0) is 27.2 Å². The van der Waals surface area contributed by atoms with Gasteiger partial charge in [-0.2, -0.15) is 18.3 Å². The fourth-order valence-electron chi connectivity index (χ4n) is 1.85. The molecule has 7 heteroatoms. The number of aromatic nitrogens is 2. The molecule has 0 aromatic carbocycles. The third-order valence-corrected chi connectivity index (χ3v) is 2.73. The normalized spacial score (nSPS) is 11.9. The third-order valence-electron chi connectivity index (χ3n) is 2.73. The fourth-order valence-corrected chi connectivity index (χ4v) is 1.85. The Kier molecular flexibility index (Phi) is 5.11. The second kappa shape index (κ2) is 6.18. The average Bonchev–Trinajstić information content (AvgIpc) is 2.58. The van der Waals surface area contributed by atoms with Gasteiger partial charge in [0.25, 0.3) is 5.78 Å². The molecule has 0 bridgehead atoms. The van der Waals surface area contributed by atoms with Gasteiger partial charge >= 0.3 is 6.18 Å². The molecule has 0 fully saturated rings. The molecule has 1 aromatic rings. The van der Waals surface area contributed by atoms with Crippen LogP contribution >= 0.6 is 0 Å². The van der Waals surface area contributed by atoms with Crippen LogP contribution in [0.2, 0.25) is 0 Å². The van der Waals surface area contributed by atoms with Crippen molar-refractivity contribution in [3.63, 3.8) is 0 Å². The highest BCUT2D eigenvalue weighted by molar-refractivity contribution is 6.02. The number of carbonyl (C=O) groups is 1. The molecule has 0 radical (unpaired) electrons. The fraction of sp³-hybridized carbons (Fsp3) is 0.667. The zero-order valence-electron chi connectivity index (χ0n) is 11.2. The van der Waals surface area contributed by atoms with E-state index in [0.29, 0.717) is 26.2 Å². The topological polar surface area (TPSA) is 44.1 Å². The van der Waals surface area contributed by atoms with Gasteiger partial charge in [-0.15, -0.1) is 0 Å². The van der Waals surface area contributed by atoms with Crippen LogP contribution in [0.25, 0.3) is 0 Å². The second-order valence-corrected chi connectivity index (χ2v) is 4.15. The Hall–Kier alpha value is -1.37. The number of aryl methyl sites for hydroxylation is 2. The quantitative estimate of drug-likeness (QED) is 0.593. The monoisotopic (exact) mass is 278 g/mol. The van der Waals surface area contributed by atoms with Gasteiger partial charge < -0.3 is 4.74 Å². The van der Waals surface area contributed by atoms with Crippen molar-refractivity contribution in [3.05, 3.63) is 17.0 Å². The van der Waals surface area contributed by atoms with Crippen molar-refractivity contribution in [1.29, 1.82) is 0 Å². The molecule has 1 heterocycles. The summed E-state index contributed by atoms with van der Waals surface area (Å²) in [6, 6.07) is 0. The molecule has 0 saturated heterocycles. The lowest BCUT2D eigenvalue weighted by Gasteiger charge is -2.07. The van der Waals surface area contributed by atoms with Gasteiger partial charge in [0.15, 0.2) is 0 Å². The van der Waals surface area contributed by atoms with Crippen LogP contribution in [0, 0.1) is 13.8 Å². The molecule has 4 nitrogen and oxygen atoms in total. The molecule has 0 amide bonds. The van der Waals surface area contributed by atoms with Gasteiger partial charge in [0.1, 0.15) is 0 Å². The van der Waals surface area contributed by atoms with E-state index in [4.69, 9.17) is 4.74 Å². The van der Waals surface area contributed by atoms with E-state index in [2.05, 4.69) is 5.10 Å². The van der Waals surface area contributed by atoms with Crippen LogP contribution in [0.15, 0.2) is 0 Å². The molecule has 0 aliphatic rings. The highest BCUT2D eigenvalue weighted by atomic mass is 19.4. The first-order valence-corrected chi connectivity index (χ1v) is 6.02. The Balaban J connectivity index is 2.86. The Labute approximate surface area is 109 Å². The van der Waals surface area contributed by atoms with E-state index in [1.165, 1.54) is 18.5 Å². The highest BCUT2D eigenvalue weighted by Crippen LogP contribution is 2.25. The van der Waals surface area contributed by atoms with Gasteiger partial charge in [0.2, 0.25) is 0 Å². The maximum Gasteiger partial charge on any atom is 0.455 e. The Morgan fingerprint density at radius 2 is 2.00 bits per heavy atom. The standard InChI is InChI=1S/C12H17F3N2O2/c1-4-19-7-5-6-17-9(3)10(8(2)16-17)11(18)12(13,14)15/h4-7H2,1-3H3. The Morgan fingerprint density at radius 3 is 2.53 bits per heavy atom. The Morgan fingerprint density at radius 1 is 1.37 bits per heavy atom. The summed E-state index contributed by atoms with van der Waals surface area (Å²) in [6.45, 7) is 6.28. The average molecular weight is 278 g/mol. The van der Waals surface area contributed by atoms with Gasteiger partial charge in [0.05, 0.1) is 11.3 Å². The van der Waals surface area contributed by atoms with E-state index in [9.17, 15) is 18.0 Å². The van der Waals surface area contributed by atoms with Crippen LogP contribution in [-0.2, 0) is 11.3 Å². The molecule has 1 aromatic heterocycles. The van der Waals surface area contributed by atoms with Crippen molar-refractivity contribution in [3.8, 4) is 0 Å². The molecule has 108 valence electrons. The van der Waals surface area contributed by atoms with Crippen LogP contribution in [0.5, 0.6) is 0 Å². The van der Waals surface area contributed by atoms with Crippen molar-refractivity contribution in [2.75, 3.05) is 13.2 Å². The summed E-state index contributed by atoms with van der Waals surface area (Å²) in [5, 5.41) is 3.98. The smallest absolute Gasteiger partial charge is 0.382 e. The second-order valence-electron chi connectivity index (χ2n) is 4.15. The maximum atomic E-state index is 12.4. The summed E-state index contributed by atoms with van der Waals surface area (Å²) in [5.41, 5.74) is 0.0106. The largest absolute Gasteiger partial charge is 0.455 e. The predicted octanol–water partition coefficient (Wildman–Crippen LogP) is 2.67. The lowest BCUT2D eigenvalue weighted by Crippen LogP contribution is -2.24. The van der Waals surface area contributed by atoms with E-state index in [1.807, 2.05) is 6.92 Å². The van der Waals surface area contributed by atoms with Gasteiger partial charge in [0, 0.05) is 25.5 Å². The first-order valence-electron chi connectivity index (χ1n) is 6.02. The van der Waals surface area contributed by atoms with Crippen LogP contribution in [-0.4, -0.2) is 35.0 Å². The molecule has 0 unspecified atom stereocenters. The molecule has 0 aliphatic heterocycles. The van der Waals surface area contributed by atoms with Gasteiger partial charge in [-0.3, -0.25) is 9.48 Å². The van der Waals surface area contributed by atoms with Crippen molar-refractivity contribution >= 4 is 5.78 Å². The first-order chi connectivity index (χ1) is 8.79. The number of ether oxygens (including phenoxy) is 1. The highest BCUT2D eigenvalue weighted by Gasteiger charge is 2.42. The maximum absolute atomic E-state index is 12.4.